The van der Waals surface area contributed by atoms with Crippen LogP contribution in [0.15, 0.2) is 0 Å². The van der Waals surface area contributed by atoms with Gasteiger partial charge in [0.15, 0.2) is 12.2 Å². The molecule has 0 saturated carbocycles. The molecule has 558 valence electrons. The summed E-state index contributed by atoms with van der Waals surface area (Å²) in [5.74, 6) is 0.886. The minimum atomic E-state index is -4.95. The van der Waals surface area contributed by atoms with Crippen molar-refractivity contribution in [2.24, 2.45) is 23.7 Å². The number of carbonyl (C=O) groups excluding carboxylic acids is 4. The predicted molar refractivity (Wildman–Crippen MR) is 381 cm³/mol. The third-order valence-corrected chi connectivity index (χ3v) is 19.6. The Balaban J connectivity index is 5.12. The quantitative estimate of drug-likeness (QED) is 0.0222. The van der Waals surface area contributed by atoms with E-state index in [4.69, 9.17) is 37.0 Å². The van der Waals surface area contributed by atoms with Crippen molar-refractivity contribution in [2.45, 2.75) is 395 Å². The lowest BCUT2D eigenvalue weighted by molar-refractivity contribution is -0.161. The highest BCUT2D eigenvalue weighted by Crippen LogP contribution is 2.45. The molecule has 0 aliphatic rings. The zero-order valence-corrected chi connectivity index (χ0v) is 63.4. The third-order valence-electron chi connectivity index (χ3n) is 17.7. The summed E-state index contributed by atoms with van der Waals surface area (Å²) in [7, 11) is -9.91. The van der Waals surface area contributed by atoms with Gasteiger partial charge in [0.05, 0.1) is 26.4 Å². The molecular weight excluding hydrogens is 1230 g/mol. The van der Waals surface area contributed by atoms with E-state index in [2.05, 4.69) is 55.4 Å². The van der Waals surface area contributed by atoms with Crippen LogP contribution in [0.1, 0.15) is 376 Å². The van der Waals surface area contributed by atoms with E-state index >= 15 is 0 Å². The molecular formula is C75H146O17P2. The van der Waals surface area contributed by atoms with Crippen molar-refractivity contribution in [3.8, 4) is 0 Å². The zero-order chi connectivity index (χ0) is 69.6. The van der Waals surface area contributed by atoms with Gasteiger partial charge in [-0.1, -0.05) is 325 Å². The van der Waals surface area contributed by atoms with E-state index in [0.717, 1.165) is 108 Å². The number of hydrogen-bond acceptors (Lipinski definition) is 15. The van der Waals surface area contributed by atoms with E-state index in [1.807, 2.05) is 0 Å². The second-order valence-corrected chi connectivity index (χ2v) is 31.6. The standard InChI is InChI=1S/C75H146O17P2/c1-9-68(8)54-46-38-30-20-18-16-14-12-10-11-13-15-17-19-21-31-39-47-55-72(77)85-62-71(92-75(80)58-50-42-34-26-29-37-45-53-67(6)7)64-90-94(83,84)88-60-69(76)59-87-93(81,82)89-63-70(91-74(79)57-49-41-33-25-23-28-36-44-52-66(4)5)61-86-73(78)56-48-40-32-24-22-27-35-43-51-65(2)3/h65-71,76H,9-64H2,1-8H3,(H,81,82)(H,83,84)/t68?,69?,70-,71-/m1/s1. The Labute approximate surface area is 575 Å². The molecule has 3 N–H and O–H groups in total. The maximum atomic E-state index is 13.0. The van der Waals surface area contributed by atoms with Crippen LogP contribution < -0.4 is 0 Å². The van der Waals surface area contributed by atoms with Crippen molar-refractivity contribution >= 4 is 39.5 Å². The fraction of sp³-hybridized carbons (Fsp3) is 0.947. The summed E-state index contributed by atoms with van der Waals surface area (Å²) in [6.07, 6.45) is 48.9. The molecule has 0 aromatic heterocycles. The molecule has 6 atom stereocenters. The van der Waals surface area contributed by atoms with Gasteiger partial charge in [-0.2, -0.15) is 0 Å². The van der Waals surface area contributed by atoms with E-state index in [0.29, 0.717) is 31.6 Å². The van der Waals surface area contributed by atoms with Crippen LogP contribution in [0, 0.1) is 23.7 Å². The van der Waals surface area contributed by atoms with Crippen molar-refractivity contribution in [1.29, 1.82) is 0 Å². The van der Waals surface area contributed by atoms with Crippen molar-refractivity contribution < 1.29 is 80.2 Å². The third kappa shape index (κ3) is 67.3. The minimum absolute atomic E-state index is 0.103. The molecule has 0 radical (unpaired) electrons. The first kappa shape index (κ1) is 92.1. The highest BCUT2D eigenvalue weighted by Gasteiger charge is 2.30. The summed E-state index contributed by atoms with van der Waals surface area (Å²) in [6.45, 7) is 14.1. The first-order valence-electron chi connectivity index (χ1n) is 38.7. The van der Waals surface area contributed by atoms with Gasteiger partial charge >= 0.3 is 39.5 Å². The smallest absolute Gasteiger partial charge is 0.462 e. The normalized spacial score (nSPS) is 14.4. The number of aliphatic hydroxyl groups excluding tert-OH is 1. The number of aliphatic hydroxyl groups is 1. The summed E-state index contributed by atoms with van der Waals surface area (Å²) in [6, 6.07) is 0. The molecule has 4 unspecified atom stereocenters. The van der Waals surface area contributed by atoms with Crippen LogP contribution in [0.2, 0.25) is 0 Å². The van der Waals surface area contributed by atoms with E-state index in [1.54, 1.807) is 0 Å². The Morgan fingerprint density at radius 2 is 0.511 bits per heavy atom. The van der Waals surface area contributed by atoms with Crippen LogP contribution in [0.5, 0.6) is 0 Å². The molecule has 0 rings (SSSR count). The Hall–Kier alpha value is -1.94. The molecule has 0 fully saturated rings. The van der Waals surface area contributed by atoms with Crippen molar-refractivity contribution in [3.05, 3.63) is 0 Å². The Morgan fingerprint density at radius 3 is 0.755 bits per heavy atom. The maximum Gasteiger partial charge on any atom is 0.472 e. The van der Waals surface area contributed by atoms with E-state index in [-0.39, 0.29) is 25.7 Å². The summed E-state index contributed by atoms with van der Waals surface area (Å²) >= 11 is 0. The average Bonchev–Trinajstić information content (AvgIpc) is 1.42. The van der Waals surface area contributed by atoms with Gasteiger partial charge in [-0.05, 0) is 49.4 Å². The van der Waals surface area contributed by atoms with Crippen LogP contribution in [-0.4, -0.2) is 96.7 Å². The van der Waals surface area contributed by atoms with Gasteiger partial charge in [0, 0.05) is 25.7 Å². The van der Waals surface area contributed by atoms with Gasteiger partial charge in [-0.25, -0.2) is 9.13 Å². The molecule has 0 bridgehead atoms. The minimum Gasteiger partial charge on any atom is -0.462 e. The van der Waals surface area contributed by atoms with Crippen LogP contribution in [0.25, 0.3) is 0 Å². The maximum absolute atomic E-state index is 13.0. The first-order valence-corrected chi connectivity index (χ1v) is 41.7. The molecule has 0 aliphatic heterocycles. The average molecular weight is 1380 g/mol. The second-order valence-electron chi connectivity index (χ2n) is 28.7. The van der Waals surface area contributed by atoms with Gasteiger partial charge in [0.2, 0.25) is 0 Å². The van der Waals surface area contributed by atoms with E-state index in [1.165, 1.54) is 180 Å². The number of hydrogen-bond donors (Lipinski definition) is 3. The summed E-state index contributed by atoms with van der Waals surface area (Å²) in [5, 5.41) is 10.6. The lowest BCUT2D eigenvalue weighted by Crippen LogP contribution is -2.30. The number of phosphoric ester groups is 2. The number of carbonyl (C=O) groups is 4. The highest BCUT2D eigenvalue weighted by molar-refractivity contribution is 7.47. The lowest BCUT2D eigenvalue weighted by atomic mass is 9.99. The monoisotopic (exact) mass is 1380 g/mol. The number of rotatable bonds is 72. The van der Waals surface area contributed by atoms with Crippen molar-refractivity contribution in [1.82, 2.24) is 0 Å². The molecule has 0 amide bonds. The molecule has 0 spiro atoms. The fourth-order valence-electron chi connectivity index (χ4n) is 11.3. The highest BCUT2D eigenvalue weighted by atomic mass is 31.2. The molecule has 0 saturated heterocycles. The van der Waals surface area contributed by atoms with Crippen molar-refractivity contribution in [3.63, 3.8) is 0 Å². The molecule has 94 heavy (non-hydrogen) atoms. The van der Waals surface area contributed by atoms with E-state index in [9.17, 15) is 43.2 Å². The molecule has 19 heteroatoms. The SMILES string of the molecule is CCC(C)CCCCCCCCCCCCCCCCCCCCC(=O)OC[C@H](COP(=O)(O)OCC(O)COP(=O)(O)OC[C@@H](COC(=O)CCCCCCCCCCC(C)C)OC(=O)CCCCCCCCCCC(C)C)OC(=O)CCCCCCCCCC(C)C. The Morgan fingerprint density at radius 1 is 0.298 bits per heavy atom. The molecule has 0 aliphatic carbocycles. The number of unbranched alkanes of at least 4 members (excludes halogenated alkanes) is 37. The summed E-state index contributed by atoms with van der Waals surface area (Å²) in [5.41, 5.74) is 0. The summed E-state index contributed by atoms with van der Waals surface area (Å²) < 4.78 is 68.4. The molecule has 0 heterocycles. The van der Waals surface area contributed by atoms with Crippen molar-refractivity contribution in [2.75, 3.05) is 39.6 Å². The zero-order valence-electron chi connectivity index (χ0n) is 61.6. The van der Waals surface area contributed by atoms with Crippen LogP contribution in [-0.2, 0) is 65.4 Å². The van der Waals surface area contributed by atoms with Gasteiger partial charge < -0.3 is 33.8 Å². The van der Waals surface area contributed by atoms with Crippen LogP contribution in [0.4, 0.5) is 0 Å². The second kappa shape index (κ2) is 64.4. The van der Waals surface area contributed by atoms with Gasteiger partial charge in [-0.3, -0.25) is 37.3 Å². The predicted octanol–water partition coefficient (Wildman–Crippen LogP) is 21.7. The van der Waals surface area contributed by atoms with Crippen LogP contribution >= 0.6 is 15.6 Å². The molecule has 0 aromatic carbocycles. The summed E-state index contributed by atoms with van der Waals surface area (Å²) in [4.78, 5) is 72.6. The number of phosphoric acid groups is 2. The largest absolute Gasteiger partial charge is 0.472 e. The fourth-order valence-corrected chi connectivity index (χ4v) is 12.9. The van der Waals surface area contributed by atoms with Gasteiger partial charge in [0.1, 0.15) is 19.3 Å². The lowest BCUT2D eigenvalue weighted by Gasteiger charge is -2.21. The van der Waals surface area contributed by atoms with Crippen LogP contribution in [0.3, 0.4) is 0 Å². The topological polar surface area (TPSA) is 237 Å². The molecule has 0 aromatic rings. The molecule has 17 nitrogen and oxygen atoms in total. The number of esters is 4. The Bertz CT molecular complexity index is 1850. The van der Waals surface area contributed by atoms with E-state index < -0.39 is 97.5 Å². The first-order chi connectivity index (χ1) is 45.1. The van der Waals surface area contributed by atoms with Gasteiger partial charge in [-0.15, -0.1) is 0 Å². The Kier molecular flexibility index (Phi) is 63.1. The number of ether oxygens (including phenoxy) is 4. The van der Waals surface area contributed by atoms with Gasteiger partial charge in [0.25, 0.3) is 0 Å².